The van der Waals surface area contributed by atoms with E-state index in [4.69, 9.17) is 28.4 Å². The Morgan fingerprint density at radius 3 is 2.46 bits per heavy atom. The lowest BCUT2D eigenvalue weighted by Crippen LogP contribution is -2.42. The molecule has 37 heavy (non-hydrogen) atoms. The molecule has 8 heteroatoms. The third-order valence-electron chi connectivity index (χ3n) is 6.22. The first-order valence-corrected chi connectivity index (χ1v) is 12.5. The van der Waals surface area contributed by atoms with Crippen LogP contribution in [0.1, 0.15) is 38.7 Å². The maximum Gasteiger partial charge on any atom is 0.331 e. The van der Waals surface area contributed by atoms with Crippen molar-refractivity contribution in [3.8, 4) is 23.0 Å². The van der Waals surface area contributed by atoms with Gasteiger partial charge >= 0.3 is 5.97 Å². The van der Waals surface area contributed by atoms with E-state index < -0.39 is 5.97 Å². The van der Waals surface area contributed by atoms with Crippen molar-refractivity contribution >= 4 is 17.8 Å². The molecule has 1 heterocycles. The van der Waals surface area contributed by atoms with Gasteiger partial charge in [0.15, 0.2) is 11.5 Å². The van der Waals surface area contributed by atoms with Crippen LogP contribution in [-0.2, 0) is 19.1 Å². The predicted octanol–water partition coefficient (Wildman–Crippen LogP) is 5.11. The van der Waals surface area contributed by atoms with Gasteiger partial charge in [0.05, 0.1) is 26.2 Å². The zero-order valence-corrected chi connectivity index (χ0v) is 21.3. The summed E-state index contributed by atoms with van der Waals surface area (Å²) in [7, 11) is 1.58. The van der Waals surface area contributed by atoms with E-state index in [1.807, 2.05) is 32.0 Å². The van der Waals surface area contributed by atoms with Gasteiger partial charge in [-0.15, -0.1) is 0 Å². The van der Waals surface area contributed by atoms with E-state index in [2.05, 4.69) is 0 Å². The fraction of sp³-hybridized carbons (Fsp3) is 0.379. The summed E-state index contributed by atoms with van der Waals surface area (Å²) in [6.45, 7) is 4.85. The van der Waals surface area contributed by atoms with Gasteiger partial charge in [-0.2, -0.15) is 0 Å². The van der Waals surface area contributed by atoms with Crippen molar-refractivity contribution in [3.63, 3.8) is 0 Å². The molecule has 4 rings (SSSR count). The van der Waals surface area contributed by atoms with Gasteiger partial charge in [0.1, 0.15) is 30.0 Å². The average Bonchev–Trinajstić information content (AvgIpc) is 2.91. The van der Waals surface area contributed by atoms with Crippen LogP contribution in [0.25, 0.3) is 6.08 Å². The minimum Gasteiger partial charge on any atom is -0.497 e. The van der Waals surface area contributed by atoms with Crippen molar-refractivity contribution in [2.24, 2.45) is 5.92 Å². The van der Waals surface area contributed by atoms with Gasteiger partial charge in [0.2, 0.25) is 11.5 Å². The Balaban J connectivity index is 1.31. The summed E-state index contributed by atoms with van der Waals surface area (Å²) < 4.78 is 33.6. The second kappa shape index (κ2) is 12.3. The Bertz CT molecular complexity index is 1150. The SMILES string of the molecule is CCOc1ccc(/C=C/C(=O)OC2CCC3C(=O)C(Oc4ccc(OC)cc4)=COC3C2)cc1OCC. The standard InChI is InChI=1S/C29H32O8/c1-4-33-24-14-6-19(16-26(24)34-5-2)7-15-28(30)37-22-12-13-23-25(17-22)35-18-27(29(23)31)36-21-10-8-20(32-3)9-11-21/h6-11,14-16,18,22-23,25H,4-5,12-13,17H2,1-3H3/b15-7+. The first kappa shape index (κ1) is 26.1. The molecule has 1 aliphatic carbocycles. The van der Waals surface area contributed by atoms with Gasteiger partial charge in [-0.05, 0) is 74.7 Å². The quantitative estimate of drug-likeness (QED) is 0.323. The van der Waals surface area contributed by atoms with Crippen LogP contribution in [0.4, 0.5) is 0 Å². The zero-order valence-electron chi connectivity index (χ0n) is 21.3. The lowest BCUT2D eigenvalue weighted by atomic mass is 9.80. The van der Waals surface area contributed by atoms with Crippen molar-refractivity contribution < 1.29 is 38.0 Å². The largest absolute Gasteiger partial charge is 0.497 e. The Hall–Kier alpha value is -3.94. The number of methoxy groups -OCH3 is 1. The number of fused-ring (bicyclic) bond motifs is 1. The molecule has 2 aliphatic rings. The Morgan fingerprint density at radius 1 is 1.00 bits per heavy atom. The second-order valence-electron chi connectivity index (χ2n) is 8.68. The van der Waals surface area contributed by atoms with Crippen LogP contribution < -0.4 is 18.9 Å². The number of allylic oxidation sites excluding steroid dienone is 1. The highest BCUT2D eigenvalue weighted by molar-refractivity contribution is 5.96. The summed E-state index contributed by atoms with van der Waals surface area (Å²) in [5.74, 6) is 1.81. The number of ether oxygens (including phenoxy) is 6. The molecule has 3 unspecified atom stereocenters. The van der Waals surface area contributed by atoms with Crippen molar-refractivity contribution in [2.45, 2.75) is 45.3 Å². The monoisotopic (exact) mass is 508 g/mol. The first-order valence-electron chi connectivity index (χ1n) is 12.5. The van der Waals surface area contributed by atoms with Gasteiger partial charge in [0.25, 0.3) is 0 Å². The fourth-order valence-electron chi connectivity index (χ4n) is 4.42. The molecule has 2 aromatic carbocycles. The second-order valence-corrected chi connectivity index (χ2v) is 8.68. The van der Waals surface area contributed by atoms with E-state index in [9.17, 15) is 9.59 Å². The van der Waals surface area contributed by atoms with E-state index in [1.165, 1.54) is 12.3 Å². The van der Waals surface area contributed by atoms with E-state index in [1.54, 1.807) is 37.5 Å². The highest BCUT2D eigenvalue weighted by atomic mass is 16.6. The van der Waals surface area contributed by atoms with Crippen LogP contribution in [-0.4, -0.2) is 44.3 Å². The Kier molecular flexibility index (Phi) is 8.72. The molecule has 0 radical (unpaired) electrons. The number of carbonyl (C=O) groups excluding carboxylic acids is 2. The molecule has 2 aromatic rings. The topological polar surface area (TPSA) is 89.5 Å². The number of carbonyl (C=O) groups is 2. The Labute approximate surface area is 216 Å². The minimum absolute atomic E-state index is 0.0997. The van der Waals surface area contributed by atoms with Gasteiger partial charge < -0.3 is 28.4 Å². The lowest BCUT2D eigenvalue weighted by molar-refractivity contribution is -0.149. The summed E-state index contributed by atoms with van der Waals surface area (Å²) in [5, 5.41) is 0. The normalized spacial score (nSPS) is 20.9. The van der Waals surface area contributed by atoms with Crippen LogP contribution in [0, 0.1) is 5.92 Å². The Morgan fingerprint density at radius 2 is 1.73 bits per heavy atom. The smallest absolute Gasteiger partial charge is 0.331 e. The lowest BCUT2D eigenvalue weighted by Gasteiger charge is -2.36. The van der Waals surface area contributed by atoms with Crippen molar-refractivity contribution in [1.82, 2.24) is 0 Å². The van der Waals surface area contributed by atoms with Crippen molar-refractivity contribution in [3.05, 3.63) is 66.1 Å². The summed E-state index contributed by atoms with van der Waals surface area (Å²) >= 11 is 0. The third kappa shape index (κ3) is 6.64. The molecule has 8 nitrogen and oxygen atoms in total. The first-order chi connectivity index (χ1) is 18.0. The highest BCUT2D eigenvalue weighted by Gasteiger charge is 2.42. The number of esters is 1. The number of Topliss-reactive ketones (excluding diaryl/α,β-unsaturated/α-hetero) is 1. The van der Waals surface area contributed by atoms with Crippen LogP contribution in [0.3, 0.4) is 0 Å². The number of hydrogen-bond acceptors (Lipinski definition) is 8. The van der Waals surface area contributed by atoms with E-state index >= 15 is 0 Å². The van der Waals surface area contributed by atoms with Crippen LogP contribution in [0.15, 0.2) is 60.6 Å². The molecule has 1 fully saturated rings. The van der Waals surface area contributed by atoms with E-state index in [-0.39, 0.29) is 29.7 Å². The van der Waals surface area contributed by atoms with Gasteiger partial charge in [-0.25, -0.2) is 4.79 Å². The zero-order chi connectivity index (χ0) is 26.2. The molecule has 0 saturated heterocycles. The number of rotatable bonds is 10. The number of ketones is 1. The van der Waals surface area contributed by atoms with Crippen LogP contribution >= 0.6 is 0 Å². The van der Waals surface area contributed by atoms with Crippen molar-refractivity contribution in [1.29, 1.82) is 0 Å². The maximum atomic E-state index is 13.0. The molecular formula is C29H32O8. The van der Waals surface area contributed by atoms with Crippen LogP contribution in [0.2, 0.25) is 0 Å². The molecule has 0 aromatic heterocycles. The van der Waals surface area contributed by atoms with Gasteiger partial charge in [-0.3, -0.25) is 4.79 Å². The predicted molar refractivity (Wildman–Crippen MR) is 137 cm³/mol. The fourth-order valence-corrected chi connectivity index (χ4v) is 4.42. The van der Waals surface area contributed by atoms with Crippen LogP contribution in [0.5, 0.6) is 23.0 Å². The molecule has 1 saturated carbocycles. The molecule has 196 valence electrons. The molecule has 1 aliphatic heterocycles. The summed E-state index contributed by atoms with van der Waals surface area (Å²) in [5.41, 5.74) is 0.795. The third-order valence-corrected chi connectivity index (χ3v) is 6.22. The highest BCUT2D eigenvalue weighted by Crippen LogP contribution is 2.35. The molecule has 0 spiro atoms. The number of benzene rings is 2. The summed E-state index contributed by atoms with van der Waals surface area (Å²) in [4.78, 5) is 25.5. The van der Waals surface area contributed by atoms with Gasteiger partial charge in [-0.1, -0.05) is 6.07 Å². The summed E-state index contributed by atoms with van der Waals surface area (Å²) in [6.07, 6.45) is 5.31. The number of hydrogen-bond donors (Lipinski definition) is 0. The molecular weight excluding hydrogens is 476 g/mol. The minimum atomic E-state index is -0.448. The van der Waals surface area contributed by atoms with Gasteiger partial charge in [0, 0.05) is 12.5 Å². The van der Waals surface area contributed by atoms with E-state index in [0.29, 0.717) is 55.5 Å². The molecule has 0 amide bonds. The molecule has 0 bridgehead atoms. The molecule has 0 N–H and O–H groups in total. The van der Waals surface area contributed by atoms with E-state index in [0.717, 1.165) is 5.56 Å². The maximum absolute atomic E-state index is 13.0. The molecule has 3 atom stereocenters. The average molecular weight is 509 g/mol. The van der Waals surface area contributed by atoms with Crippen molar-refractivity contribution in [2.75, 3.05) is 20.3 Å². The summed E-state index contributed by atoms with van der Waals surface area (Å²) in [6, 6.07) is 12.5.